The maximum Gasteiger partial charge on any atom is 0.189 e. The van der Waals surface area contributed by atoms with Crippen molar-refractivity contribution in [2.75, 3.05) is 27.4 Å². The van der Waals surface area contributed by atoms with Gasteiger partial charge in [-0.05, 0) is 44.3 Å². The Morgan fingerprint density at radius 2 is 1.45 bits per heavy atom. The molecule has 0 aliphatic heterocycles. The molecule has 0 heterocycles. The minimum atomic E-state index is -1.65. The van der Waals surface area contributed by atoms with E-state index in [1.807, 2.05) is 0 Å². The van der Waals surface area contributed by atoms with Gasteiger partial charge in [-0.2, -0.15) is 0 Å². The van der Waals surface area contributed by atoms with Gasteiger partial charge in [-0.15, -0.1) is 0 Å². The van der Waals surface area contributed by atoms with Gasteiger partial charge in [0.2, 0.25) is 0 Å². The van der Waals surface area contributed by atoms with Gasteiger partial charge in [0.1, 0.15) is 0 Å². The van der Waals surface area contributed by atoms with Crippen LogP contribution < -0.4 is 0 Å². The van der Waals surface area contributed by atoms with Crippen molar-refractivity contribution >= 4 is 16.4 Å². The molecule has 22 heavy (non-hydrogen) atoms. The van der Waals surface area contributed by atoms with Crippen molar-refractivity contribution < 1.29 is 13.9 Å². The van der Waals surface area contributed by atoms with Gasteiger partial charge in [-0.3, -0.25) is 0 Å². The third-order valence-electron chi connectivity index (χ3n) is 5.03. The van der Waals surface area contributed by atoms with E-state index in [0.29, 0.717) is 11.3 Å². The van der Waals surface area contributed by atoms with E-state index in [9.17, 15) is 0 Å². The summed E-state index contributed by atoms with van der Waals surface area (Å²) in [4.78, 5) is 0. The van der Waals surface area contributed by atoms with Crippen LogP contribution >= 0.6 is 0 Å². The molecule has 3 nitrogen and oxygen atoms in total. The first-order chi connectivity index (χ1) is 10.2. The topological polar surface area (TPSA) is 27.7 Å². The van der Waals surface area contributed by atoms with Crippen LogP contribution in [0, 0.1) is 0 Å². The van der Waals surface area contributed by atoms with Crippen molar-refractivity contribution in [3.8, 4) is 0 Å². The molecule has 0 aliphatic carbocycles. The molecule has 0 spiro atoms. The van der Waals surface area contributed by atoms with Gasteiger partial charge in [0.25, 0.3) is 0 Å². The fraction of sp³-hybridized carbons (Fsp3) is 1.00. The molecule has 0 aromatic rings. The van der Waals surface area contributed by atoms with Crippen LogP contribution in [0.1, 0.15) is 39.5 Å². The third kappa shape index (κ3) is 8.25. The quantitative estimate of drug-likeness (QED) is 0.343. The highest BCUT2D eigenvalue weighted by Gasteiger charge is 2.38. The summed E-state index contributed by atoms with van der Waals surface area (Å²) >= 11 is 0. The van der Waals surface area contributed by atoms with E-state index >= 15 is 0 Å². The van der Waals surface area contributed by atoms with Crippen LogP contribution in [-0.2, 0) is 13.9 Å². The Labute approximate surface area is 141 Å². The maximum absolute atomic E-state index is 6.79. The molecule has 134 valence electrons. The van der Waals surface area contributed by atoms with Crippen molar-refractivity contribution in [3.05, 3.63) is 0 Å². The van der Waals surface area contributed by atoms with Crippen molar-refractivity contribution in [2.24, 2.45) is 0 Å². The molecule has 0 rings (SSSR count). The third-order valence-corrected chi connectivity index (χ3v) is 12.7. The zero-order chi connectivity index (χ0) is 17.2. The molecule has 2 unspecified atom stereocenters. The number of methoxy groups -OCH3 is 2. The van der Waals surface area contributed by atoms with Crippen LogP contribution in [-0.4, -0.2) is 49.6 Å². The minimum Gasteiger partial charge on any atom is -0.417 e. The predicted octanol–water partition coefficient (Wildman–Crippen LogP) is 5.09. The van der Waals surface area contributed by atoms with Crippen LogP contribution in [0.2, 0.25) is 37.8 Å². The molecule has 5 heteroatoms. The Hall–Kier alpha value is 0.314. The van der Waals surface area contributed by atoms with Gasteiger partial charge in [-0.1, -0.05) is 33.0 Å². The van der Waals surface area contributed by atoms with E-state index in [4.69, 9.17) is 13.9 Å². The molecule has 0 aromatic carbocycles. The lowest BCUT2D eigenvalue weighted by molar-refractivity contribution is 0.190. The largest absolute Gasteiger partial charge is 0.417 e. The Kier molecular flexibility index (Phi) is 11.1. The van der Waals surface area contributed by atoms with Crippen LogP contribution in [0.4, 0.5) is 0 Å². The lowest BCUT2D eigenvalue weighted by Crippen LogP contribution is -2.50. The molecule has 0 saturated heterocycles. The number of hydrogen-bond donors (Lipinski definition) is 0. The Morgan fingerprint density at radius 1 is 0.909 bits per heavy atom. The SMILES string of the molecule is CCC(O[Si](C)(C)C(C)CCCOC)[Si](C)(C)CCCOC. The van der Waals surface area contributed by atoms with Crippen LogP contribution in [0.15, 0.2) is 0 Å². The second-order valence-corrected chi connectivity index (χ2v) is 17.3. The molecule has 0 aliphatic rings. The summed E-state index contributed by atoms with van der Waals surface area (Å²) in [6, 6.07) is 1.29. The summed E-state index contributed by atoms with van der Waals surface area (Å²) in [5, 5.41) is 0. The Morgan fingerprint density at radius 3 is 1.95 bits per heavy atom. The first-order valence-corrected chi connectivity index (χ1v) is 15.1. The summed E-state index contributed by atoms with van der Waals surface area (Å²) in [6.07, 6.45) is 4.67. The molecular formula is C17H40O3Si2. The van der Waals surface area contributed by atoms with Gasteiger partial charge in [0, 0.05) is 33.2 Å². The smallest absolute Gasteiger partial charge is 0.189 e. The number of ether oxygens (including phenoxy) is 2. The average molecular weight is 349 g/mol. The fourth-order valence-corrected chi connectivity index (χ4v) is 9.69. The zero-order valence-electron chi connectivity index (χ0n) is 16.3. The molecular weight excluding hydrogens is 308 g/mol. The van der Waals surface area contributed by atoms with E-state index in [0.717, 1.165) is 26.1 Å². The second kappa shape index (κ2) is 11.0. The molecule has 0 radical (unpaired) electrons. The van der Waals surface area contributed by atoms with Crippen molar-refractivity contribution in [3.63, 3.8) is 0 Å². The van der Waals surface area contributed by atoms with E-state index in [1.165, 1.54) is 18.9 Å². The maximum atomic E-state index is 6.79. The van der Waals surface area contributed by atoms with Crippen molar-refractivity contribution in [2.45, 2.75) is 83.0 Å². The normalized spacial score (nSPS) is 15.8. The number of rotatable bonds is 13. The lowest BCUT2D eigenvalue weighted by atomic mass is 10.2. The molecule has 0 fully saturated rings. The van der Waals surface area contributed by atoms with Crippen molar-refractivity contribution in [1.29, 1.82) is 0 Å². The highest BCUT2D eigenvalue weighted by Crippen LogP contribution is 2.32. The molecule has 0 saturated carbocycles. The van der Waals surface area contributed by atoms with Crippen molar-refractivity contribution in [1.82, 2.24) is 0 Å². The standard InChI is InChI=1S/C17H40O3Si2/c1-9-17(21(5,6)15-11-14-19-4)20-22(7,8)16(2)12-10-13-18-3/h16-17H,9-15H2,1-8H3. The average Bonchev–Trinajstić information content (AvgIpc) is 2.44. The van der Waals surface area contributed by atoms with E-state index in [2.05, 4.69) is 40.0 Å². The highest BCUT2D eigenvalue weighted by atomic mass is 28.4. The lowest BCUT2D eigenvalue weighted by Gasteiger charge is -2.40. The van der Waals surface area contributed by atoms with E-state index in [1.54, 1.807) is 14.2 Å². The van der Waals surface area contributed by atoms with Gasteiger partial charge >= 0.3 is 0 Å². The molecule has 0 N–H and O–H groups in total. The summed E-state index contributed by atoms with van der Waals surface area (Å²) in [5.41, 5.74) is 1.16. The van der Waals surface area contributed by atoms with E-state index < -0.39 is 16.4 Å². The van der Waals surface area contributed by atoms with Gasteiger partial charge < -0.3 is 13.9 Å². The molecule has 0 bridgehead atoms. The Balaban J connectivity index is 4.60. The summed E-state index contributed by atoms with van der Waals surface area (Å²) in [6.45, 7) is 16.2. The van der Waals surface area contributed by atoms with Gasteiger partial charge in [-0.25, -0.2) is 0 Å². The highest BCUT2D eigenvalue weighted by molar-refractivity contribution is 6.80. The van der Waals surface area contributed by atoms with E-state index in [-0.39, 0.29) is 0 Å². The monoisotopic (exact) mass is 348 g/mol. The summed E-state index contributed by atoms with van der Waals surface area (Å²) in [7, 11) is 0.568. The summed E-state index contributed by atoms with van der Waals surface area (Å²) in [5.74, 6) is 0. The van der Waals surface area contributed by atoms with Crippen LogP contribution in [0.5, 0.6) is 0 Å². The molecule has 2 atom stereocenters. The van der Waals surface area contributed by atoms with Gasteiger partial charge in [0.15, 0.2) is 8.32 Å². The summed E-state index contributed by atoms with van der Waals surface area (Å²) < 4.78 is 17.2. The molecule has 0 aromatic heterocycles. The first-order valence-electron chi connectivity index (χ1n) is 8.87. The minimum absolute atomic E-state index is 0.482. The van der Waals surface area contributed by atoms with Gasteiger partial charge in [0.05, 0.1) is 8.07 Å². The zero-order valence-corrected chi connectivity index (χ0v) is 18.3. The molecule has 0 amide bonds. The Bertz CT molecular complexity index is 283. The van der Waals surface area contributed by atoms with Crippen LogP contribution in [0.25, 0.3) is 0 Å². The fourth-order valence-electron chi connectivity index (χ4n) is 2.99. The number of hydrogen-bond acceptors (Lipinski definition) is 3. The second-order valence-electron chi connectivity index (χ2n) is 7.74. The predicted molar refractivity (Wildman–Crippen MR) is 102 cm³/mol. The first kappa shape index (κ1) is 22.3. The van der Waals surface area contributed by atoms with Crippen LogP contribution in [0.3, 0.4) is 0 Å².